The summed E-state index contributed by atoms with van der Waals surface area (Å²) < 4.78 is 36.9. The van der Waals surface area contributed by atoms with E-state index in [-0.39, 0.29) is 12.1 Å². The molecular weight excluding hydrogens is 429 g/mol. The smallest absolute Gasteiger partial charge is 0.481 e. The van der Waals surface area contributed by atoms with Gasteiger partial charge in [0.1, 0.15) is 0 Å². The Kier molecular flexibility index (Phi) is 9.38. The number of ether oxygens (including phenoxy) is 1. The SMILES string of the molecule is COc1ccc(C(NC2CSCCSC2)C2CC(O)C2)cn1.O=C(O)C(F)(F)F. The number of aliphatic hydroxyl groups is 1. The average Bonchev–Trinajstić information content (AvgIpc) is 2.92. The van der Waals surface area contributed by atoms with Gasteiger partial charge in [-0.05, 0) is 24.3 Å². The summed E-state index contributed by atoms with van der Waals surface area (Å²) in [7, 11) is 1.64. The molecule has 0 bridgehead atoms. The van der Waals surface area contributed by atoms with Crippen molar-refractivity contribution in [1.82, 2.24) is 10.3 Å². The van der Waals surface area contributed by atoms with Crippen LogP contribution < -0.4 is 10.1 Å². The van der Waals surface area contributed by atoms with Crippen LogP contribution in [0.2, 0.25) is 0 Å². The molecule has 1 aromatic rings. The number of carboxylic acid groups (broad SMARTS) is 1. The second-order valence-corrected chi connectivity index (χ2v) is 9.11. The molecule has 0 aromatic carbocycles. The molecule has 6 nitrogen and oxygen atoms in total. The van der Waals surface area contributed by atoms with E-state index >= 15 is 0 Å². The molecule has 1 aromatic heterocycles. The topological polar surface area (TPSA) is 91.7 Å². The van der Waals surface area contributed by atoms with Crippen LogP contribution in [0.4, 0.5) is 13.2 Å². The molecule has 1 unspecified atom stereocenters. The van der Waals surface area contributed by atoms with E-state index in [0.29, 0.717) is 17.8 Å². The molecule has 0 amide bonds. The molecule has 3 rings (SSSR count). The van der Waals surface area contributed by atoms with Gasteiger partial charge in [0.25, 0.3) is 0 Å². The molecule has 1 saturated carbocycles. The molecule has 2 fully saturated rings. The van der Waals surface area contributed by atoms with Gasteiger partial charge in [-0.15, -0.1) is 0 Å². The molecule has 2 heterocycles. The van der Waals surface area contributed by atoms with Gasteiger partial charge >= 0.3 is 12.1 Å². The van der Waals surface area contributed by atoms with Crippen molar-refractivity contribution in [3.63, 3.8) is 0 Å². The molecule has 164 valence electrons. The largest absolute Gasteiger partial charge is 0.490 e. The van der Waals surface area contributed by atoms with Gasteiger partial charge in [0.05, 0.1) is 13.2 Å². The minimum atomic E-state index is -5.08. The summed E-state index contributed by atoms with van der Waals surface area (Å²) in [6.07, 6.45) is -1.52. The first-order valence-electron chi connectivity index (χ1n) is 9.10. The lowest BCUT2D eigenvalue weighted by Crippen LogP contribution is -2.44. The van der Waals surface area contributed by atoms with E-state index in [2.05, 4.69) is 16.4 Å². The fourth-order valence-corrected chi connectivity index (χ4v) is 5.49. The van der Waals surface area contributed by atoms with E-state index in [9.17, 15) is 18.3 Å². The molecule has 3 N–H and O–H groups in total. The number of nitrogens with zero attached hydrogens (tertiary/aromatic N) is 1. The number of hydrogen-bond acceptors (Lipinski definition) is 7. The summed E-state index contributed by atoms with van der Waals surface area (Å²) in [6.45, 7) is 0. The van der Waals surface area contributed by atoms with Crippen molar-refractivity contribution in [3.05, 3.63) is 23.9 Å². The van der Waals surface area contributed by atoms with Crippen molar-refractivity contribution in [2.24, 2.45) is 5.92 Å². The van der Waals surface area contributed by atoms with Gasteiger partial charge in [-0.1, -0.05) is 6.07 Å². The van der Waals surface area contributed by atoms with Crippen molar-refractivity contribution in [3.8, 4) is 5.88 Å². The average molecular weight is 455 g/mol. The zero-order valence-electron chi connectivity index (χ0n) is 15.9. The number of pyridine rings is 1. The molecule has 1 aliphatic carbocycles. The first kappa shape index (κ1) is 24.1. The molecule has 1 saturated heterocycles. The Labute approximate surface area is 176 Å². The number of hydrogen-bond donors (Lipinski definition) is 3. The molecule has 2 aliphatic rings. The fourth-order valence-electron chi connectivity index (χ4n) is 3.07. The van der Waals surface area contributed by atoms with Crippen LogP contribution in [0, 0.1) is 5.92 Å². The highest BCUT2D eigenvalue weighted by Gasteiger charge is 2.38. The maximum absolute atomic E-state index is 10.6. The van der Waals surface area contributed by atoms with Gasteiger partial charge in [0.2, 0.25) is 5.88 Å². The summed E-state index contributed by atoms with van der Waals surface area (Å²) in [6, 6.07) is 4.84. The van der Waals surface area contributed by atoms with Crippen LogP contribution in [0.1, 0.15) is 24.4 Å². The van der Waals surface area contributed by atoms with E-state index in [1.165, 1.54) is 28.6 Å². The monoisotopic (exact) mass is 454 g/mol. The third kappa shape index (κ3) is 7.88. The van der Waals surface area contributed by atoms with Gasteiger partial charge in [-0.2, -0.15) is 36.7 Å². The number of nitrogens with one attached hydrogen (secondary N) is 1. The normalized spacial score (nSPS) is 23.8. The first-order valence-corrected chi connectivity index (χ1v) is 11.4. The van der Waals surface area contributed by atoms with Gasteiger partial charge < -0.3 is 20.3 Å². The van der Waals surface area contributed by atoms with Crippen LogP contribution in [0.5, 0.6) is 5.88 Å². The van der Waals surface area contributed by atoms with Gasteiger partial charge in [0.15, 0.2) is 0 Å². The Morgan fingerprint density at radius 1 is 1.28 bits per heavy atom. The van der Waals surface area contributed by atoms with Crippen LogP contribution in [0.3, 0.4) is 0 Å². The maximum atomic E-state index is 10.6. The molecule has 0 spiro atoms. The van der Waals surface area contributed by atoms with E-state index < -0.39 is 12.1 Å². The molecular formula is C18H25F3N2O4S2. The number of aromatic nitrogens is 1. The number of aliphatic hydroxyl groups excluding tert-OH is 1. The van der Waals surface area contributed by atoms with Crippen LogP contribution >= 0.6 is 23.5 Å². The van der Waals surface area contributed by atoms with Crippen molar-refractivity contribution < 1.29 is 32.9 Å². The summed E-state index contributed by atoms with van der Waals surface area (Å²) in [5.74, 6) is 3.23. The molecule has 0 radical (unpaired) electrons. The number of methoxy groups -OCH3 is 1. The second-order valence-electron chi connectivity index (χ2n) is 6.81. The lowest BCUT2D eigenvalue weighted by Gasteiger charge is -2.40. The zero-order valence-corrected chi connectivity index (χ0v) is 17.5. The highest BCUT2D eigenvalue weighted by atomic mass is 32.2. The van der Waals surface area contributed by atoms with E-state index in [0.717, 1.165) is 12.8 Å². The molecule has 29 heavy (non-hydrogen) atoms. The number of carbonyl (C=O) groups is 1. The van der Waals surface area contributed by atoms with Crippen molar-refractivity contribution in [2.45, 2.75) is 37.2 Å². The number of aliphatic carboxylic acids is 1. The van der Waals surface area contributed by atoms with Crippen LogP contribution in [0.15, 0.2) is 18.3 Å². The number of alkyl halides is 3. The third-order valence-corrected chi connectivity index (χ3v) is 7.14. The third-order valence-electron chi connectivity index (χ3n) is 4.62. The Morgan fingerprint density at radius 3 is 2.28 bits per heavy atom. The summed E-state index contributed by atoms with van der Waals surface area (Å²) in [4.78, 5) is 13.3. The van der Waals surface area contributed by atoms with Crippen molar-refractivity contribution in [2.75, 3.05) is 30.1 Å². The summed E-state index contributed by atoms with van der Waals surface area (Å²) >= 11 is 4.07. The lowest BCUT2D eigenvalue weighted by atomic mass is 9.75. The Balaban J connectivity index is 0.000000370. The summed E-state index contributed by atoms with van der Waals surface area (Å²) in [5.41, 5.74) is 1.21. The fraction of sp³-hybridized carbons (Fsp3) is 0.667. The molecule has 11 heteroatoms. The van der Waals surface area contributed by atoms with E-state index in [1.54, 1.807) is 7.11 Å². The highest BCUT2D eigenvalue weighted by Crippen LogP contribution is 2.38. The first-order chi connectivity index (χ1) is 13.7. The van der Waals surface area contributed by atoms with Crippen LogP contribution in [-0.4, -0.2) is 69.6 Å². The van der Waals surface area contributed by atoms with Crippen molar-refractivity contribution >= 4 is 29.5 Å². The van der Waals surface area contributed by atoms with Crippen LogP contribution in [-0.2, 0) is 4.79 Å². The van der Waals surface area contributed by atoms with Crippen LogP contribution in [0.25, 0.3) is 0 Å². The lowest BCUT2D eigenvalue weighted by molar-refractivity contribution is -0.192. The molecule has 1 atom stereocenters. The quantitative estimate of drug-likeness (QED) is 0.626. The zero-order chi connectivity index (χ0) is 21.4. The predicted molar refractivity (Wildman–Crippen MR) is 108 cm³/mol. The Bertz CT molecular complexity index is 635. The van der Waals surface area contributed by atoms with Gasteiger partial charge in [0, 0.05) is 47.4 Å². The minimum Gasteiger partial charge on any atom is -0.481 e. The van der Waals surface area contributed by atoms with Gasteiger partial charge in [-0.25, -0.2) is 9.78 Å². The Hall–Kier alpha value is -1.17. The number of rotatable bonds is 5. The summed E-state index contributed by atoms with van der Waals surface area (Å²) in [5, 5.41) is 20.6. The maximum Gasteiger partial charge on any atom is 0.490 e. The van der Waals surface area contributed by atoms with E-state index in [1.807, 2.05) is 35.8 Å². The minimum absolute atomic E-state index is 0.126. The van der Waals surface area contributed by atoms with E-state index in [4.69, 9.17) is 14.6 Å². The van der Waals surface area contributed by atoms with Crippen molar-refractivity contribution in [1.29, 1.82) is 0 Å². The standard InChI is InChI=1S/C16H24N2O2S2.C2HF3O2/c1-20-15-3-2-11(8-17-15)16(12-6-14(19)7-12)18-13-9-21-4-5-22-10-13;3-2(4,5)1(6)7/h2-3,8,12-14,16,18-19H,4-7,9-10H2,1H3;(H,6,7). The number of halogens is 3. The van der Waals surface area contributed by atoms with Gasteiger partial charge in [-0.3, -0.25) is 0 Å². The predicted octanol–water partition coefficient (Wildman–Crippen LogP) is 2.97. The number of thioether (sulfide) groups is 2. The Morgan fingerprint density at radius 2 is 1.86 bits per heavy atom. The highest BCUT2D eigenvalue weighted by molar-refractivity contribution is 8.03. The molecule has 1 aliphatic heterocycles. The number of carboxylic acids is 1. The second kappa shape index (κ2) is 11.3.